The third-order valence-corrected chi connectivity index (χ3v) is 4.92. The molecule has 8 heteroatoms. The molecule has 1 heterocycles. The summed E-state index contributed by atoms with van der Waals surface area (Å²) in [4.78, 5) is 12.2. The van der Waals surface area contributed by atoms with E-state index in [1.807, 2.05) is 12.1 Å². The van der Waals surface area contributed by atoms with Gasteiger partial charge in [0.2, 0.25) is 0 Å². The lowest BCUT2D eigenvalue weighted by Gasteiger charge is -2.34. The summed E-state index contributed by atoms with van der Waals surface area (Å²) in [6.45, 7) is 0.902. The van der Waals surface area contributed by atoms with Crippen molar-refractivity contribution in [3.8, 4) is 5.75 Å². The molecule has 1 amide bonds. The fraction of sp³-hybridized carbons (Fsp3) is 0.381. The van der Waals surface area contributed by atoms with Crippen molar-refractivity contribution in [3.63, 3.8) is 0 Å². The Morgan fingerprint density at radius 3 is 2.59 bits per heavy atom. The van der Waals surface area contributed by atoms with Crippen molar-refractivity contribution in [2.24, 2.45) is 0 Å². The van der Waals surface area contributed by atoms with Gasteiger partial charge < -0.3 is 24.6 Å². The highest BCUT2D eigenvalue weighted by atomic mass is 19.1. The SMILES string of the molecule is O=C(O)N1CCC(c2ccc(OCCOCc3cc(F)ccc3F)cc2)C(O)C1. The van der Waals surface area contributed by atoms with Gasteiger partial charge in [0.05, 0.1) is 25.9 Å². The molecule has 2 aromatic rings. The summed E-state index contributed by atoms with van der Waals surface area (Å²) in [6, 6.07) is 10.5. The lowest BCUT2D eigenvalue weighted by Crippen LogP contribution is -2.45. The number of aliphatic hydroxyl groups excluding tert-OH is 1. The first-order valence-electron chi connectivity index (χ1n) is 9.34. The van der Waals surface area contributed by atoms with Gasteiger partial charge in [-0.3, -0.25) is 0 Å². The summed E-state index contributed by atoms with van der Waals surface area (Å²) in [5.74, 6) is -0.532. The third kappa shape index (κ3) is 5.65. The van der Waals surface area contributed by atoms with Crippen molar-refractivity contribution in [3.05, 3.63) is 65.2 Å². The number of ether oxygens (including phenoxy) is 2. The zero-order chi connectivity index (χ0) is 20.8. The number of β-amino-alcohol motifs (C(OH)–C–C–N with tert-alkyl or cyclic N) is 1. The highest BCUT2D eigenvalue weighted by Gasteiger charge is 2.30. The van der Waals surface area contributed by atoms with E-state index in [4.69, 9.17) is 14.6 Å². The predicted octanol–water partition coefficient (Wildman–Crippen LogP) is 3.39. The first kappa shape index (κ1) is 21.0. The number of halogens is 2. The molecule has 2 N–H and O–H groups in total. The molecule has 0 spiro atoms. The Morgan fingerprint density at radius 2 is 1.90 bits per heavy atom. The summed E-state index contributed by atoms with van der Waals surface area (Å²) in [5, 5.41) is 19.3. The van der Waals surface area contributed by atoms with Gasteiger partial charge in [-0.2, -0.15) is 0 Å². The Kier molecular flexibility index (Phi) is 7.00. The van der Waals surface area contributed by atoms with Crippen molar-refractivity contribution >= 4 is 6.09 Å². The van der Waals surface area contributed by atoms with Crippen LogP contribution in [0.25, 0.3) is 0 Å². The maximum Gasteiger partial charge on any atom is 0.407 e. The van der Waals surface area contributed by atoms with Crippen LogP contribution < -0.4 is 4.74 Å². The number of rotatable bonds is 7. The average Bonchev–Trinajstić information content (AvgIpc) is 2.70. The minimum atomic E-state index is -1.02. The number of carboxylic acid groups (broad SMARTS) is 1. The second kappa shape index (κ2) is 9.67. The molecule has 2 unspecified atom stereocenters. The average molecular weight is 407 g/mol. The monoisotopic (exact) mass is 407 g/mol. The van der Waals surface area contributed by atoms with E-state index >= 15 is 0 Å². The van der Waals surface area contributed by atoms with E-state index in [9.17, 15) is 18.7 Å². The van der Waals surface area contributed by atoms with E-state index in [0.717, 1.165) is 23.8 Å². The highest BCUT2D eigenvalue weighted by molar-refractivity contribution is 5.65. The number of hydrogen-bond donors (Lipinski definition) is 2. The third-order valence-electron chi connectivity index (χ3n) is 4.92. The van der Waals surface area contributed by atoms with Gasteiger partial charge in [0.1, 0.15) is 24.0 Å². The first-order valence-corrected chi connectivity index (χ1v) is 9.34. The summed E-state index contributed by atoms with van der Waals surface area (Å²) in [6.07, 6.45) is -1.21. The molecule has 156 valence electrons. The van der Waals surface area contributed by atoms with Crippen LogP contribution >= 0.6 is 0 Å². The maximum atomic E-state index is 13.5. The summed E-state index contributed by atoms with van der Waals surface area (Å²) in [5.41, 5.74) is 1.08. The summed E-state index contributed by atoms with van der Waals surface area (Å²) < 4.78 is 37.5. The van der Waals surface area contributed by atoms with Crippen LogP contribution in [0, 0.1) is 11.6 Å². The van der Waals surface area contributed by atoms with Gasteiger partial charge in [0.25, 0.3) is 0 Å². The topological polar surface area (TPSA) is 79.2 Å². The predicted molar refractivity (Wildman–Crippen MR) is 101 cm³/mol. The first-order chi connectivity index (χ1) is 13.9. The van der Waals surface area contributed by atoms with Crippen LogP contribution in [-0.4, -0.2) is 53.6 Å². The molecule has 1 fully saturated rings. The van der Waals surface area contributed by atoms with Crippen LogP contribution in [-0.2, 0) is 11.3 Å². The van der Waals surface area contributed by atoms with Crippen molar-refractivity contribution in [1.29, 1.82) is 0 Å². The standard InChI is InChI=1S/C21H23F2NO5/c22-16-3-6-19(23)15(11-16)13-28-9-10-29-17-4-1-14(2-5-17)18-7-8-24(21(26)27)12-20(18)25/h1-6,11,18,20,25H,7-10,12-13H2,(H,26,27). The van der Waals surface area contributed by atoms with E-state index in [0.29, 0.717) is 18.7 Å². The van der Waals surface area contributed by atoms with Crippen molar-refractivity contribution in [1.82, 2.24) is 4.90 Å². The molecule has 0 saturated carbocycles. The minimum Gasteiger partial charge on any atom is -0.491 e. The highest BCUT2D eigenvalue weighted by Crippen LogP contribution is 2.29. The van der Waals surface area contributed by atoms with Gasteiger partial charge in [-0.1, -0.05) is 12.1 Å². The molecule has 1 saturated heterocycles. The lowest BCUT2D eigenvalue weighted by molar-refractivity contribution is 0.0503. The van der Waals surface area contributed by atoms with Gasteiger partial charge in [0.15, 0.2) is 0 Å². The molecule has 1 aliphatic rings. The van der Waals surface area contributed by atoms with Gasteiger partial charge in [-0.15, -0.1) is 0 Å². The number of hydrogen-bond acceptors (Lipinski definition) is 4. The molecule has 29 heavy (non-hydrogen) atoms. The van der Waals surface area contributed by atoms with E-state index in [2.05, 4.69) is 0 Å². The Balaban J connectivity index is 1.43. The zero-order valence-electron chi connectivity index (χ0n) is 15.8. The number of piperidine rings is 1. The number of benzene rings is 2. The molecule has 0 radical (unpaired) electrons. The van der Waals surface area contributed by atoms with Crippen LogP contribution in [0.5, 0.6) is 5.75 Å². The molecule has 3 rings (SSSR count). The number of aliphatic hydroxyl groups is 1. The molecule has 0 aromatic heterocycles. The fourth-order valence-electron chi connectivity index (χ4n) is 3.36. The van der Waals surface area contributed by atoms with Crippen LogP contribution in [0.4, 0.5) is 13.6 Å². The molecular formula is C21H23F2NO5. The van der Waals surface area contributed by atoms with E-state index in [-0.39, 0.29) is 37.8 Å². The molecule has 0 bridgehead atoms. The van der Waals surface area contributed by atoms with Crippen molar-refractivity contribution in [2.75, 3.05) is 26.3 Å². The maximum absolute atomic E-state index is 13.5. The van der Waals surface area contributed by atoms with Gasteiger partial charge in [-0.05, 0) is 42.3 Å². The number of nitrogens with zero attached hydrogens (tertiary/aromatic N) is 1. The normalized spacial score (nSPS) is 19.2. The number of amides is 1. The second-order valence-electron chi connectivity index (χ2n) is 6.90. The largest absolute Gasteiger partial charge is 0.491 e. The Bertz CT molecular complexity index is 830. The van der Waals surface area contributed by atoms with Crippen molar-refractivity contribution < 1.29 is 33.3 Å². The second-order valence-corrected chi connectivity index (χ2v) is 6.90. The Labute approximate surface area is 167 Å². The minimum absolute atomic E-state index is 0.0428. The molecule has 6 nitrogen and oxygen atoms in total. The zero-order valence-corrected chi connectivity index (χ0v) is 15.8. The summed E-state index contributed by atoms with van der Waals surface area (Å²) >= 11 is 0. The van der Waals surface area contributed by atoms with Crippen LogP contribution in [0.2, 0.25) is 0 Å². The number of likely N-dealkylation sites (tertiary alicyclic amines) is 1. The van der Waals surface area contributed by atoms with Crippen LogP contribution in [0.3, 0.4) is 0 Å². The van der Waals surface area contributed by atoms with Gasteiger partial charge in [0, 0.05) is 18.0 Å². The summed E-state index contributed by atoms with van der Waals surface area (Å²) in [7, 11) is 0. The lowest BCUT2D eigenvalue weighted by atomic mass is 9.87. The molecular weight excluding hydrogens is 384 g/mol. The van der Waals surface area contributed by atoms with E-state index in [1.165, 1.54) is 4.90 Å². The van der Waals surface area contributed by atoms with Crippen molar-refractivity contribution in [2.45, 2.75) is 25.0 Å². The molecule has 1 aliphatic heterocycles. The smallest absolute Gasteiger partial charge is 0.407 e. The Morgan fingerprint density at radius 1 is 1.14 bits per heavy atom. The molecule has 2 aromatic carbocycles. The molecule has 2 atom stereocenters. The quantitative estimate of drug-likeness (QED) is 0.688. The van der Waals surface area contributed by atoms with Gasteiger partial charge in [-0.25, -0.2) is 13.6 Å². The van der Waals surface area contributed by atoms with E-state index in [1.54, 1.807) is 12.1 Å². The number of carbonyl (C=O) groups is 1. The fourth-order valence-corrected chi connectivity index (χ4v) is 3.36. The van der Waals surface area contributed by atoms with Gasteiger partial charge >= 0.3 is 6.09 Å². The molecule has 0 aliphatic carbocycles. The van der Waals surface area contributed by atoms with E-state index < -0.39 is 23.8 Å². The Hall–Kier alpha value is -2.71. The van der Waals surface area contributed by atoms with Crippen LogP contribution in [0.1, 0.15) is 23.5 Å². The van der Waals surface area contributed by atoms with Crippen LogP contribution in [0.15, 0.2) is 42.5 Å².